The molecule has 5 heteroatoms. The van der Waals surface area contributed by atoms with Crippen LogP contribution >= 0.6 is 23.2 Å². The molecule has 0 fully saturated rings. The summed E-state index contributed by atoms with van der Waals surface area (Å²) in [5, 5.41) is 18.2. The van der Waals surface area contributed by atoms with E-state index in [-0.39, 0.29) is 16.3 Å². The van der Waals surface area contributed by atoms with E-state index in [2.05, 4.69) is 0 Å². The summed E-state index contributed by atoms with van der Waals surface area (Å²) in [5.74, 6) is -1.30. The first-order chi connectivity index (χ1) is 6.50. The highest BCUT2D eigenvalue weighted by Gasteiger charge is 2.05. The van der Waals surface area contributed by atoms with Crippen LogP contribution in [0.25, 0.3) is 6.08 Å². The summed E-state index contributed by atoms with van der Waals surface area (Å²) >= 11 is 11.3. The number of halogens is 2. The van der Waals surface area contributed by atoms with Gasteiger partial charge in [-0.3, -0.25) is 0 Å². The summed E-state index contributed by atoms with van der Waals surface area (Å²) in [7, 11) is 0. The number of benzene rings is 1. The molecule has 0 heterocycles. The van der Waals surface area contributed by atoms with E-state index in [0.717, 1.165) is 6.08 Å². The minimum atomic E-state index is -1.11. The lowest BCUT2D eigenvalue weighted by atomic mass is 10.2. The molecule has 0 radical (unpaired) electrons. The van der Waals surface area contributed by atoms with Gasteiger partial charge in [-0.1, -0.05) is 23.2 Å². The van der Waals surface area contributed by atoms with Gasteiger partial charge in [0, 0.05) is 16.7 Å². The smallest absolute Gasteiger partial charge is 0.328 e. The van der Waals surface area contributed by atoms with Crippen molar-refractivity contribution in [3.63, 3.8) is 0 Å². The number of rotatable bonds is 2. The van der Waals surface area contributed by atoms with Crippen LogP contribution in [-0.4, -0.2) is 16.2 Å². The lowest BCUT2D eigenvalue weighted by Gasteiger charge is -2.01. The number of aliphatic carboxylic acids is 1. The lowest BCUT2D eigenvalue weighted by molar-refractivity contribution is -0.131. The first kappa shape index (κ1) is 10.9. The van der Waals surface area contributed by atoms with Crippen molar-refractivity contribution >= 4 is 35.2 Å². The Morgan fingerprint density at radius 1 is 1.36 bits per heavy atom. The summed E-state index contributed by atoms with van der Waals surface area (Å²) in [6, 6.07) is 2.79. The topological polar surface area (TPSA) is 57.5 Å². The van der Waals surface area contributed by atoms with Crippen LogP contribution in [0.1, 0.15) is 5.56 Å². The van der Waals surface area contributed by atoms with E-state index >= 15 is 0 Å². The van der Waals surface area contributed by atoms with Gasteiger partial charge in [-0.15, -0.1) is 0 Å². The average molecular weight is 233 g/mol. The summed E-state index contributed by atoms with van der Waals surface area (Å²) in [6.45, 7) is 0. The van der Waals surface area contributed by atoms with E-state index in [1.54, 1.807) is 0 Å². The highest BCUT2D eigenvalue weighted by atomic mass is 35.5. The van der Waals surface area contributed by atoms with E-state index in [1.165, 1.54) is 18.2 Å². The van der Waals surface area contributed by atoms with Gasteiger partial charge in [-0.05, 0) is 18.2 Å². The maximum Gasteiger partial charge on any atom is 0.328 e. The van der Waals surface area contributed by atoms with Crippen molar-refractivity contribution in [3.8, 4) is 5.75 Å². The number of carbonyl (C=O) groups is 1. The molecule has 1 rings (SSSR count). The quantitative estimate of drug-likeness (QED) is 0.772. The number of carboxylic acid groups (broad SMARTS) is 1. The van der Waals surface area contributed by atoms with Crippen molar-refractivity contribution in [3.05, 3.63) is 33.8 Å². The Bertz CT molecular complexity index is 399. The third-order valence-corrected chi connectivity index (χ3v) is 1.97. The standard InChI is InChI=1S/C9H6Cl2O3/c10-6-3-5(1-2-8(12)13)9(14)7(11)4-6/h1-4,14H,(H,12,13). The molecule has 0 spiro atoms. The van der Waals surface area contributed by atoms with Crippen LogP contribution in [0, 0.1) is 0 Å². The van der Waals surface area contributed by atoms with Crippen LogP contribution in [0.5, 0.6) is 5.75 Å². The Morgan fingerprint density at radius 3 is 2.57 bits per heavy atom. The Balaban J connectivity index is 3.14. The molecule has 0 aliphatic rings. The van der Waals surface area contributed by atoms with Crippen molar-refractivity contribution in [2.45, 2.75) is 0 Å². The fourth-order valence-corrected chi connectivity index (χ4v) is 1.38. The number of hydrogen-bond donors (Lipinski definition) is 2. The normalized spacial score (nSPS) is 10.7. The Kier molecular flexibility index (Phi) is 3.38. The predicted octanol–water partition coefficient (Wildman–Crippen LogP) is 2.80. The van der Waals surface area contributed by atoms with Crippen LogP contribution < -0.4 is 0 Å². The largest absolute Gasteiger partial charge is 0.506 e. The maximum absolute atomic E-state index is 10.2. The van der Waals surface area contributed by atoms with Gasteiger partial charge >= 0.3 is 5.97 Å². The van der Waals surface area contributed by atoms with E-state index in [9.17, 15) is 9.90 Å². The van der Waals surface area contributed by atoms with Crippen LogP contribution in [0.4, 0.5) is 0 Å². The zero-order valence-corrected chi connectivity index (χ0v) is 8.38. The van der Waals surface area contributed by atoms with Crippen molar-refractivity contribution in [2.24, 2.45) is 0 Å². The second kappa shape index (κ2) is 4.35. The molecule has 3 nitrogen and oxygen atoms in total. The highest BCUT2D eigenvalue weighted by Crippen LogP contribution is 2.31. The monoisotopic (exact) mass is 232 g/mol. The molecule has 0 amide bonds. The summed E-state index contributed by atoms with van der Waals surface area (Å²) < 4.78 is 0. The minimum absolute atomic E-state index is 0.0857. The van der Waals surface area contributed by atoms with E-state index in [4.69, 9.17) is 28.3 Å². The van der Waals surface area contributed by atoms with E-state index in [0.29, 0.717) is 5.02 Å². The van der Waals surface area contributed by atoms with Gasteiger partial charge in [-0.25, -0.2) is 4.79 Å². The lowest BCUT2D eigenvalue weighted by Crippen LogP contribution is -1.86. The van der Waals surface area contributed by atoms with Gasteiger partial charge in [-0.2, -0.15) is 0 Å². The molecule has 0 aliphatic heterocycles. The molecular formula is C9H6Cl2O3. The SMILES string of the molecule is O=C(O)C=Cc1cc(Cl)cc(Cl)c1O. The number of carboxylic acids is 1. The Morgan fingerprint density at radius 2 is 2.00 bits per heavy atom. The zero-order chi connectivity index (χ0) is 10.7. The molecule has 0 saturated carbocycles. The van der Waals surface area contributed by atoms with Crippen molar-refractivity contribution in [1.29, 1.82) is 0 Å². The van der Waals surface area contributed by atoms with E-state index in [1.807, 2.05) is 0 Å². The van der Waals surface area contributed by atoms with Gasteiger partial charge in [0.2, 0.25) is 0 Å². The molecule has 14 heavy (non-hydrogen) atoms. The van der Waals surface area contributed by atoms with Gasteiger partial charge in [0.05, 0.1) is 5.02 Å². The first-order valence-corrected chi connectivity index (χ1v) is 4.35. The maximum atomic E-state index is 10.2. The molecule has 0 aromatic heterocycles. The average Bonchev–Trinajstić information content (AvgIpc) is 2.08. The second-order valence-electron chi connectivity index (χ2n) is 2.50. The van der Waals surface area contributed by atoms with Gasteiger partial charge in [0.1, 0.15) is 5.75 Å². The number of hydrogen-bond acceptors (Lipinski definition) is 2. The van der Waals surface area contributed by atoms with Crippen molar-refractivity contribution < 1.29 is 15.0 Å². The Hall–Kier alpha value is -1.19. The highest BCUT2D eigenvalue weighted by molar-refractivity contribution is 6.35. The minimum Gasteiger partial charge on any atom is -0.506 e. The zero-order valence-electron chi connectivity index (χ0n) is 6.87. The molecule has 0 bridgehead atoms. The molecule has 0 aliphatic carbocycles. The molecule has 0 unspecified atom stereocenters. The molecule has 2 N–H and O–H groups in total. The summed E-state index contributed by atoms with van der Waals surface area (Å²) in [6.07, 6.45) is 2.11. The molecule has 0 atom stereocenters. The molecule has 1 aromatic rings. The third-order valence-electron chi connectivity index (χ3n) is 1.46. The molecular weight excluding hydrogens is 227 g/mol. The van der Waals surface area contributed by atoms with Crippen molar-refractivity contribution in [1.82, 2.24) is 0 Å². The number of phenols is 1. The van der Waals surface area contributed by atoms with Crippen LogP contribution in [-0.2, 0) is 4.79 Å². The van der Waals surface area contributed by atoms with Crippen molar-refractivity contribution in [2.75, 3.05) is 0 Å². The molecule has 0 saturated heterocycles. The molecule has 1 aromatic carbocycles. The predicted molar refractivity (Wildman–Crippen MR) is 54.8 cm³/mol. The Labute approximate surface area is 90.2 Å². The van der Waals surface area contributed by atoms with Gasteiger partial charge in [0.25, 0.3) is 0 Å². The number of phenolic OH excluding ortho intramolecular Hbond substituents is 1. The number of aromatic hydroxyl groups is 1. The second-order valence-corrected chi connectivity index (χ2v) is 3.34. The van der Waals surface area contributed by atoms with Crippen LogP contribution in [0.15, 0.2) is 18.2 Å². The van der Waals surface area contributed by atoms with Gasteiger partial charge < -0.3 is 10.2 Å². The van der Waals surface area contributed by atoms with Crippen LogP contribution in [0.2, 0.25) is 10.0 Å². The fourth-order valence-electron chi connectivity index (χ4n) is 0.874. The first-order valence-electron chi connectivity index (χ1n) is 3.59. The van der Waals surface area contributed by atoms with Crippen LogP contribution in [0.3, 0.4) is 0 Å². The summed E-state index contributed by atoms with van der Waals surface area (Å²) in [4.78, 5) is 10.2. The third kappa shape index (κ3) is 2.65. The van der Waals surface area contributed by atoms with Gasteiger partial charge in [0.15, 0.2) is 0 Å². The molecule has 74 valence electrons. The van der Waals surface area contributed by atoms with E-state index < -0.39 is 5.97 Å². The summed E-state index contributed by atoms with van der Waals surface area (Å²) in [5.41, 5.74) is 0.268. The fraction of sp³-hybridized carbons (Fsp3) is 0.